The molecule has 1 saturated heterocycles. The van der Waals surface area contributed by atoms with Gasteiger partial charge in [-0.3, -0.25) is 14.6 Å². The molecule has 0 aromatic rings. The molecule has 1 fully saturated rings. The highest BCUT2D eigenvalue weighted by atomic mass is 16.5. The number of aliphatic hydroxyl groups is 1. The molecule has 1 heterocycles. The van der Waals surface area contributed by atoms with E-state index >= 15 is 0 Å². The second kappa shape index (κ2) is 11.6. The number of carbonyl (C=O) groups excluding carboxylic acids is 1. The number of hydrogen-bond acceptors (Lipinski definition) is 5. The summed E-state index contributed by atoms with van der Waals surface area (Å²) >= 11 is 0. The Morgan fingerprint density at radius 1 is 1.29 bits per heavy atom. The highest BCUT2D eigenvalue weighted by Gasteiger charge is 2.14. The number of morpholine rings is 1. The SMILES string of the molecule is O=C(CN(CCO)CCN1CCOCC1)NCCC1=CCCCC1. The number of ether oxygens (including phenoxy) is 1. The summed E-state index contributed by atoms with van der Waals surface area (Å²) in [6.07, 6.45) is 8.26. The number of nitrogens with zero attached hydrogens (tertiary/aromatic N) is 2. The summed E-state index contributed by atoms with van der Waals surface area (Å²) in [5.41, 5.74) is 1.49. The molecule has 0 unspecified atom stereocenters. The topological polar surface area (TPSA) is 65.0 Å². The van der Waals surface area contributed by atoms with E-state index in [9.17, 15) is 9.90 Å². The van der Waals surface area contributed by atoms with Crippen molar-refractivity contribution < 1.29 is 14.6 Å². The fourth-order valence-electron chi connectivity index (χ4n) is 3.27. The lowest BCUT2D eigenvalue weighted by atomic mass is 9.97. The maximum Gasteiger partial charge on any atom is 0.234 e. The predicted octanol–water partition coefficient (Wildman–Crippen LogP) is 0.620. The lowest BCUT2D eigenvalue weighted by molar-refractivity contribution is -0.122. The van der Waals surface area contributed by atoms with Crippen LogP contribution in [0.5, 0.6) is 0 Å². The molecule has 2 rings (SSSR count). The fraction of sp³-hybridized carbons (Fsp3) is 0.833. The van der Waals surface area contributed by atoms with Crippen LogP contribution in [-0.2, 0) is 9.53 Å². The van der Waals surface area contributed by atoms with E-state index in [1.807, 2.05) is 4.90 Å². The second-order valence-electron chi connectivity index (χ2n) is 6.66. The first kappa shape index (κ1) is 19.4. The summed E-state index contributed by atoms with van der Waals surface area (Å²) in [7, 11) is 0. The summed E-state index contributed by atoms with van der Waals surface area (Å²) in [5.74, 6) is 0.0573. The van der Waals surface area contributed by atoms with E-state index in [1.165, 1.54) is 31.3 Å². The molecule has 0 spiro atoms. The molecular formula is C18H33N3O3. The van der Waals surface area contributed by atoms with Gasteiger partial charge < -0.3 is 15.2 Å². The minimum absolute atomic E-state index is 0.0573. The number of amides is 1. The number of hydrogen-bond donors (Lipinski definition) is 2. The standard InChI is InChI=1S/C18H33N3O3/c22-13-10-21(9-8-20-11-14-24-15-12-20)16-18(23)19-7-6-17-4-2-1-3-5-17/h4,22H,1-3,5-16H2,(H,19,23). The van der Waals surface area contributed by atoms with Crippen LogP contribution < -0.4 is 5.32 Å². The molecule has 0 atom stereocenters. The lowest BCUT2D eigenvalue weighted by Crippen LogP contribution is -2.45. The Kier molecular flexibility index (Phi) is 9.35. The van der Waals surface area contributed by atoms with Gasteiger partial charge in [-0.15, -0.1) is 0 Å². The van der Waals surface area contributed by atoms with Gasteiger partial charge in [0.15, 0.2) is 0 Å². The summed E-state index contributed by atoms with van der Waals surface area (Å²) in [5, 5.41) is 12.2. The van der Waals surface area contributed by atoms with E-state index in [1.54, 1.807) is 0 Å². The Balaban J connectivity index is 1.62. The summed E-state index contributed by atoms with van der Waals surface area (Å²) < 4.78 is 5.35. The average molecular weight is 339 g/mol. The van der Waals surface area contributed by atoms with Crippen molar-refractivity contribution >= 4 is 5.91 Å². The van der Waals surface area contributed by atoms with Gasteiger partial charge in [0.2, 0.25) is 5.91 Å². The predicted molar refractivity (Wildman–Crippen MR) is 95.0 cm³/mol. The van der Waals surface area contributed by atoms with Gasteiger partial charge in [-0.2, -0.15) is 0 Å². The molecular weight excluding hydrogens is 306 g/mol. The third-order valence-corrected chi connectivity index (χ3v) is 4.77. The highest BCUT2D eigenvalue weighted by molar-refractivity contribution is 5.78. The minimum Gasteiger partial charge on any atom is -0.395 e. The Labute approximate surface area is 145 Å². The van der Waals surface area contributed by atoms with Gasteiger partial charge in [0.05, 0.1) is 26.4 Å². The van der Waals surface area contributed by atoms with Crippen LogP contribution >= 0.6 is 0 Å². The number of aliphatic hydroxyl groups excluding tert-OH is 1. The van der Waals surface area contributed by atoms with Gasteiger partial charge in [-0.25, -0.2) is 0 Å². The average Bonchev–Trinajstić information content (AvgIpc) is 2.62. The maximum atomic E-state index is 12.1. The molecule has 1 aliphatic carbocycles. The van der Waals surface area contributed by atoms with E-state index in [4.69, 9.17) is 4.74 Å². The van der Waals surface area contributed by atoms with Gasteiger partial charge in [-0.05, 0) is 32.1 Å². The molecule has 0 saturated carbocycles. The Morgan fingerprint density at radius 2 is 2.12 bits per heavy atom. The Morgan fingerprint density at radius 3 is 2.83 bits per heavy atom. The third kappa shape index (κ3) is 7.75. The molecule has 0 aromatic heterocycles. The van der Waals surface area contributed by atoms with Gasteiger partial charge in [0.1, 0.15) is 0 Å². The van der Waals surface area contributed by atoms with Gasteiger partial charge in [-0.1, -0.05) is 11.6 Å². The zero-order valence-corrected chi connectivity index (χ0v) is 14.8. The first-order chi connectivity index (χ1) is 11.8. The molecule has 1 aliphatic heterocycles. The molecule has 0 radical (unpaired) electrons. The molecule has 138 valence electrons. The van der Waals surface area contributed by atoms with Crippen molar-refractivity contribution in [2.75, 3.05) is 65.6 Å². The van der Waals surface area contributed by atoms with Crippen LogP contribution in [0.1, 0.15) is 32.1 Å². The van der Waals surface area contributed by atoms with E-state index in [-0.39, 0.29) is 12.5 Å². The van der Waals surface area contributed by atoms with Crippen LogP contribution in [0.3, 0.4) is 0 Å². The van der Waals surface area contributed by atoms with Crippen LogP contribution in [0.25, 0.3) is 0 Å². The summed E-state index contributed by atoms with van der Waals surface area (Å²) in [6, 6.07) is 0. The minimum atomic E-state index is 0.0573. The summed E-state index contributed by atoms with van der Waals surface area (Å²) in [6.45, 7) is 6.93. The Hall–Kier alpha value is -0.950. The quantitative estimate of drug-likeness (QED) is 0.571. The monoisotopic (exact) mass is 339 g/mol. The normalized spacial score (nSPS) is 19.3. The van der Waals surface area contributed by atoms with Crippen molar-refractivity contribution in [1.82, 2.24) is 15.1 Å². The van der Waals surface area contributed by atoms with Crippen LogP contribution in [0.2, 0.25) is 0 Å². The number of rotatable bonds is 10. The molecule has 6 heteroatoms. The van der Waals surface area contributed by atoms with Crippen LogP contribution in [-0.4, -0.2) is 86.4 Å². The Bertz CT molecular complexity index is 395. The van der Waals surface area contributed by atoms with Gasteiger partial charge in [0.25, 0.3) is 0 Å². The van der Waals surface area contributed by atoms with Crippen molar-refractivity contribution in [3.8, 4) is 0 Å². The molecule has 1 amide bonds. The first-order valence-corrected chi connectivity index (χ1v) is 9.36. The lowest BCUT2D eigenvalue weighted by Gasteiger charge is -2.29. The molecule has 0 aromatic carbocycles. The van der Waals surface area contributed by atoms with E-state index in [0.29, 0.717) is 13.1 Å². The van der Waals surface area contributed by atoms with Crippen molar-refractivity contribution in [1.29, 1.82) is 0 Å². The van der Waals surface area contributed by atoms with Crippen molar-refractivity contribution in [2.24, 2.45) is 0 Å². The highest BCUT2D eigenvalue weighted by Crippen LogP contribution is 2.19. The zero-order chi connectivity index (χ0) is 17.0. The van der Waals surface area contributed by atoms with Crippen molar-refractivity contribution in [3.63, 3.8) is 0 Å². The fourth-order valence-corrected chi connectivity index (χ4v) is 3.27. The third-order valence-electron chi connectivity index (χ3n) is 4.77. The number of nitrogens with one attached hydrogen (secondary N) is 1. The molecule has 24 heavy (non-hydrogen) atoms. The largest absolute Gasteiger partial charge is 0.395 e. The smallest absolute Gasteiger partial charge is 0.234 e. The molecule has 2 aliphatic rings. The first-order valence-electron chi connectivity index (χ1n) is 9.36. The van der Waals surface area contributed by atoms with Crippen LogP contribution in [0.15, 0.2) is 11.6 Å². The van der Waals surface area contributed by atoms with Gasteiger partial charge >= 0.3 is 0 Å². The van der Waals surface area contributed by atoms with E-state index < -0.39 is 0 Å². The van der Waals surface area contributed by atoms with Crippen molar-refractivity contribution in [2.45, 2.75) is 32.1 Å². The van der Waals surface area contributed by atoms with E-state index in [0.717, 1.165) is 52.4 Å². The van der Waals surface area contributed by atoms with Gasteiger partial charge in [0, 0.05) is 39.3 Å². The second-order valence-corrected chi connectivity index (χ2v) is 6.66. The molecule has 2 N–H and O–H groups in total. The molecule has 6 nitrogen and oxygen atoms in total. The zero-order valence-electron chi connectivity index (χ0n) is 14.8. The molecule has 0 bridgehead atoms. The van der Waals surface area contributed by atoms with Crippen LogP contribution in [0.4, 0.5) is 0 Å². The van der Waals surface area contributed by atoms with E-state index in [2.05, 4.69) is 16.3 Å². The van der Waals surface area contributed by atoms with Crippen LogP contribution in [0, 0.1) is 0 Å². The summed E-state index contributed by atoms with van der Waals surface area (Å²) in [4.78, 5) is 16.5. The number of carbonyl (C=O) groups is 1. The number of allylic oxidation sites excluding steroid dienone is 1. The maximum absolute atomic E-state index is 12.1. The van der Waals surface area contributed by atoms with Crippen molar-refractivity contribution in [3.05, 3.63) is 11.6 Å².